The first kappa shape index (κ1) is 11.4. The summed E-state index contributed by atoms with van der Waals surface area (Å²) in [6.45, 7) is 8.81. The van der Waals surface area contributed by atoms with E-state index in [1.54, 1.807) is 11.1 Å². The Hall–Kier alpha value is -1.58. The van der Waals surface area contributed by atoms with Gasteiger partial charge in [0, 0.05) is 19.0 Å². The summed E-state index contributed by atoms with van der Waals surface area (Å²) in [5.41, 5.74) is 0. The number of carboxylic acid groups (broad SMARTS) is 1. The normalized spacial score (nSPS) is 14.5. The highest BCUT2D eigenvalue weighted by Gasteiger charge is 2.15. The van der Waals surface area contributed by atoms with Crippen LogP contribution in [0.5, 0.6) is 0 Å². The van der Waals surface area contributed by atoms with Crippen LogP contribution in [-0.4, -0.2) is 28.4 Å². The Kier molecular flexibility index (Phi) is 5.27. The molecule has 0 aromatic carbocycles. The van der Waals surface area contributed by atoms with Crippen molar-refractivity contribution < 1.29 is 14.7 Å². The second-order valence-electron chi connectivity index (χ2n) is 2.38. The molecule has 4 nitrogen and oxygen atoms in total. The van der Waals surface area contributed by atoms with Gasteiger partial charge in [0.1, 0.15) is 0 Å². The summed E-state index contributed by atoms with van der Waals surface area (Å²) in [6.07, 6.45) is 3.87. The van der Waals surface area contributed by atoms with Crippen LogP contribution in [0.1, 0.15) is 12.8 Å². The van der Waals surface area contributed by atoms with Crippen molar-refractivity contribution in [3.8, 4) is 0 Å². The van der Waals surface area contributed by atoms with Gasteiger partial charge in [-0.1, -0.05) is 13.2 Å². The average Bonchev–Trinajstić information content (AvgIpc) is 2.52. The number of nitrogens with zero attached hydrogens (tertiary/aromatic N) is 1. The maximum atomic E-state index is 10.7. The van der Waals surface area contributed by atoms with E-state index in [4.69, 9.17) is 5.11 Å². The molecular weight excluding hydrogens is 170 g/mol. The summed E-state index contributed by atoms with van der Waals surface area (Å²) in [5.74, 6) is -0.884. The van der Waals surface area contributed by atoms with Crippen molar-refractivity contribution in [2.24, 2.45) is 0 Å². The smallest absolute Gasteiger partial charge is 0.328 e. The van der Waals surface area contributed by atoms with Gasteiger partial charge >= 0.3 is 5.97 Å². The number of rotatable bonds is 2. The Morgan fingerprint density at radius 1 is 1.69 bits per heavy atom. The van der Waals surface area contributed by atoms with Gasteiger partial charge in [0.25, 0.3) is 0 Å². The standard InChI is InChI=1S/C6H9NO.C3H3O2/c1-2-7-5-3-4-6(7)8;1-2-3(4)5/h2H,1,3-5H2;1-2H,(H,4,5). The molecule has 0 aliphatic carbocycles. The number of hydrogen-bond acceptors (Lipinski definition) is 2. The summed E-state index contributed by atoms with van der Waals surface area (Å²) >= 11 is 0. The lowest BCUT2D eigenvalue weighted by Gasteiger charge is -2.05. The van der Waals surface area contributed by atoms with E-state index >= 15 is 0 Å². The van der Waals surface area contributed by atoms with Crippen LogP contribution in [0.3, 0.4) is 0 Å². The van der Waals surface area contributed by atoms with Crippen LogP contribution in [0.25, 0.3) is 0 Å². The third kappa shape index (κ3) is 4.79. The number of amides is 1. The van der Waals surface area contributed by atoms with Crippen LogP contribution < -0.4 is 0 Å². The zero-order chi connectivity index (χ0) is 10.3. The van der Waals surface area contributed by atoms with Gasteiger partial charge in [0.15, 0.2) is 0 Å². The molecule has 1 N–H and O–H groups in total. The summed E-state index contributed by atoms with van der Waals surface area (Å²) in [6, 6.07) is 0. The van der Waals surface area contributed by atoms with E-state index in [0.717, 1.165) is 13.0 Å². The molecule has 0 unspecified atom stereocenters. The minimum Gasteiger partial charge on any atom is -0.478 e. The molecule has 1 saturated heterocycles. The molecule has 13 heavy (non-hydrogen) atoms. The van der Waals surface area contributed by atoms with Crippen LogP contribution in [0.2, 0.25) is 0 Å². The number of carbonyl (C=O) groups excluding carboxylic acids is 1. The first-order chi connectivity index (χ1) is 6.11. The highest BCUT2D eigenvalue weighted by molar-refractivity contribution is 5.79. The quantitative estimate of drug-likeness (QED) is 0.643. The number of carboxylic acids is 1. The van der Waals surface area contributed by atoms with Crippen molar-refractivity contribution in [2.45, 2.75) is 12.8 Å². The van der Waals surface area contributed by atoms with Gasteiger partial charge in [-0.05, 0) is 12.6 Å². The maximum absolute atomic E-state index is 10.7. The van der Waals surface area contributed by atoms with Gasteiger partial charge < -0.3 is 10.0 Å². The summed E-state index contributed by atoms with van der Waals surface area (Å²) < 4.78 is 0. The van der Waals surface area contributed by atoms with E-state index in [1.807, 2.05) is 0 Å². The lowest BCUT2D eigenvalue weighted by molar-refractivity contribution is -0.131. The van der Waals surface area contributed by atoms with Crippen molar-refractivity contribution in [1.29, 1.82) is 0 Å². The molecule has 1 fully saturated rings. The lowest BCUT2D eigenvalue weighted by atomic mass is 10.4. The Morgan fingerprint density at radius 2 is 2.23 bits per heavy atom. The van der Waals surface area contributed by atoms with Crippen molar-refractivity contribution in [3.63, 3.8) is 0 Å². The Bertz CT molecular complexity index is 223. The molecule has 0 aromatic rings. The molecule has 1 aliphatic heterocycles. The lowest BCUT2D eigenvalue weighted by Crippen LogP contribution is -2.16. The molecule has 1 amide bonds. The molecule has 0 saturated carbocycles. The maximum Gasteiger partial charge on any atom is 0.328 e. The molecular formula is C9H12NO3. The average molecular weight is 182 g/mol. The molecule has 1 aliphatic rings. The Labute approximate surface area is 77.2 Å². The zero-order valence-corrected chi connectivity index (χ0v) is 7.27. The molecule has 1 radical (unpaired) electrons. The molecule has 4 heteroatoms. The fourth-order valence-electron chi connectivity index (χ4n) is 0.862. The van der Waals surface area contributed by atoms with Crippen molar-refractivity contribution in [3.05, 3.63) is 25.4 Å². The van der Waals surface area contributed by atoms with E-state index in [1.165, 1.54) is 0 Å². The first-order valence-corrected chi connectivity index (χ1v) is 3.81. The Balaban J connectivity index is 0.000000252. The van der Waals surface area contributed by atoms with E-state index < -0.39 is 5.97 Å². The summed E-state index contributed by atoms with van der Waals surface area (Å²) in [5, 5.41) is 7.54. The zero-order valence-electron chi connectivity index (χ0n) is 7.27. The van der Waals surface area contributed by atoms with Crippen LogP contribution in [0, 0.1) is 6.58 Å². The molecule has 1 rings (SSSR count). The predicted octanol–water partition coefficient (Wildman–Crippen LogP) is 0.812. The van der Waals surface area contributed by atoms with Gasteiger partial charge in [-0.15, -0.1) is 0 Å². The van der Waals surface area contributed by atoms with Crippen molar-refractivity contribution in [1.82, 2.24) is 4.90 Å². The minimum absolute atomic E-state index is 0.208. The SMILES string of the molecule is C=CN1CCCC1=O.[CH]=CC(=O)O. The van der Waals surface area contributed by atoms with Gasteiger partial charge in [-0.25, -0.2) is 4.79 Å². The summed E-state index contributed by atoms with van der Waals surface area (Å²) in [7, 11) is 0. The second-order valence-corrected chi connectivity index (χ2v) is 2.38. The number of carbonyl (C=O) groups is 2. The van der Waals surface area contributed by atoms with E-state index in [2.05, 4.69) is 13.2 Å². The van der Waals surface area contributed by atoms with Crippen molar-refractivity contribution >= 4 is 11.9 Å². The van der Waals surface area contributed by atoms with Crippen LogP contribution >= 0.6 is 0 Å². The largest absolute Gasteiger partial charge is 0.478 e. The number of aliphatic carboxylic acids is 1. The fourth-order valence-corrected chi connectivity index (χ4v) is 0.862. The van der Waals surface area contributed by atoms with Gasteiger partial charge in [-0.3, -0.25) is 4.79 Å². The van der Waals surface area contributed by atoms with E-state index in [9.17, 15) is 9.59 Å². The fraction of sp³-hybridized carbons (Fsp3) is 0.333. The molecule has 0 spiro atoms. The van der Waals surface area contributed by atoms with E-state index in [0.29, 0.717) is 12.5 Å². The second kappa shape index (κ2) is 5.99. The number of likely N-dealkylation sites (tertiary alicyclic amines) is 1. The van der Waals surface area contributed by atoms with Crippen LogP contribution in [0.4, 0.5) is 0 Å². The minimum atomic E-state index is -1.09. The van der Waals surface area contributed by atoms with Gasteiger partial charge in [-0.2, -0.15) is 0 Å². The summed E-state index contributed by atoms with van der Waals surface area (Å²) in [4.78, 5) is 21.5. The molecule has 0 bridgehead atoms. The molecule has 0 aromatic heterocycles. The monoisotopic (exact) mass is 182 g/mol. The third-order valence-corrected chi connectivity index (χ3v) is 1.47. The Morgan fingerprint density at radius 3 is 2.38 bits per heavy atom. The van der Waals surface area contributed by atoms with E-state index in [-0.39, 0.29) is 5.91 Å². The number of hydrogen-bond donors (Lipinski definition) is 1. The van der Waals surface area contributed by atoms with Crippen molar-refractivity contribution in [2.75, 3.05) is 6.54 Å². The topological polar surface area (TPSA) is 57.6 Å². The molecule has 1 heterocycles. The highest BCUT2D eigenvalue weighted by atomic mass is 16.4. The van der Waals surface area contributed by atoms with Gasteiger partial charge in [0.05, 0.1) is 0 Å². The molecule has 0 atom stereocenters. The third-order valence-electron chi connectivity index (χ3n) is 1.47. The van der Waals surface area contributed by atoms with Crippen LogP contribution in [0.15, 0.2) is 18.9 Å². The van der Waals surface area contributed by atoms with Crippen LogP contribution in [-0.2, 0) is 9.59 Å². The molecule has 71 valence electrons. The highest BCUT2D eigenvalue weighted by Crippen LogP contribution is 2.08. The van der Waals surface area contributed by atoms with Gasteiger partial charge in [0.2, 0.25) is 5.91 Å². The predicted molar refractivity (Wildman–Crippen MR) is 47.6 cm³/mol. The first-order valence-electron chi connectivity index (χ1n) is 3.81.